The quantitative estimate of drug-likeness (QED) is 0.141. The lowest BCUT2D eigenvalue weighted by Gasteiger charge is -2.37. The Bertz CT molecular complexity index is 1430. The second kappa shape index (κ2) is 13.8. The monoisotopic (exact) mass is 623 g/mol. The molecule has 3 aromatic rings. The number of methoxy groups -OCH3 is 1. The van der Waals surface area contributed by atoms with Gasteiger partial charge in [-0.2, -0.15) is 26.3 Å². The molecule has 0 amide bonds. The maximum absolute atomic E-state index is 13.8. The maximum atomic E-state index is 13.8. The molecule has 0 radical (unpaired) electrons. The fourth-order valence-corrected chi connectivity index (χ4v) is 5.96. The Hall–Kier alpha value is -3.24. The van der Waals surface area contributed by atoms with Crippen LogP contribution in [0.2, 0.25) is 0 Å². The number of carbonyl (C=O) groups is 1. The van der Waals surface area contributed by atoms with Crippen LogP contribution < -0.4 is 0 Å². The number of benzene rings is 2. The molecule has 0 fully saturated rings. The van der Waals surface area contributed by atoms with Gasteiger partial charge in [0.15, 0.2) is 0 Å². The van der Waals surface area contributed by atoms with E-state index in [2.05, 4.69) is 34.4 Å². The molecule has 1 aromatic heterocycles. The standard InChI is InChI=1S/C34H39F6NO3/c1-7-31(8-2,29-11-12-30(23(4)16-29)27-18-25(17-24(5)42)19-41-20-27)28-10-9-26(22(3)15-28)13-14-32(33(35,36)37,34(38,39)40)44-21-43-6/h9-12,15-16,18-20H,7-8,13-14,17,21H2,1-6H3. The zero-order chi connectivity index (χ0) is 32.9. The van der Waals surface area contributed by atoms with Gasteiger partial charge in [0.05, 0.1) is 0 Å². The van der Waals surface area contributed by atoms with Gasteiger partial charge in [0, 0.05) is 36.9 Å². The topological polar surface area (TPSA) is 48.4 Å². The average molecular weight is 624 g/mol. The van der Waals surface area contributed by atoms with E-state index in [-0.39, 0.29) is 5.78 Å². The van der Waals surface area contributed by atoms with Gasteiger partial charge in [0.1, 0.15) is 12.6 Å². The summed E-state index contributed by atoms with van der Waals surface area (Å²) in [5, 5.41) is 0. The molecule has 1 heterocycles. The Morgan fingerprint density at radius 3 is 1.93 bits per heavy atom. The molecule has 0 aliphatic heterocycles. The molecule has 0 aliphatic carbocycles. The van der Waals surface area contributed by atoms with Crippen LogP contribution in [0.15, 0.2) is 54.9 Å². The minimum atomic E-state index is -5.69. The number of aromatic nitrogens is 1. The van der Waals surface area contributed by atoms with Crippen LogP contribution in [0.25, 0.3) is 11.1 Å². The summed E-state index contributed by atoms with van der Waals surface area (Å²) in [6, 6.07) is 13.4. The normalized spacial score (nSPS) is 12.9. The lowest BCUT2D eigenvalue weighted by atomic mass is 9.69. The SMILES string of the molecule is CCC(CC)(c1ccc(CCC(OCOC)(C(F)(F)F)C(F)(F)F)c(C)c1)c1ccc(-c2cncc(CC(C)=O)c2)c(C)c1. The maximum Gasteiger partial charge on any atom is 0.426 e. The van der Waals surface area contributed by atoms with Crippen molar-refractivity contribution in [3.63, 3.8) is 0 Å². The number of carbonyl (C=O) groups excluding carboxylic acids is 1. The molecular weight excluding hydrogens is 584 g/mol. The van der Waals surface area contributed by atoms with E-state index in [0.717, 1.165) is 40.5 Å². The predicted octanol–water partition coefficient (Wildman–Crippen LogP) is 9.02. The minimum Gasteiger partial charge on any atom is -0.359 e. The Kier molecular flexibility index (Phi) is 11.1. The van der Waals surface area contributed by atoms with Gasteiger partial charge in [0.2, 0.25) is 0 Å². The van der Waals surface area contributed by atoms with Gasteiger partial charge in [-0.1, -0.05) is 50.2 Å². The summed E-state index contributed by atoms with van der Waals surface area (Å²) in [4.78, 5) is 15.9. The first-order valence-electron chi connectivity index (χ1n) is 14.5. The van der Waals surface area contributed by atoms with E-state index >= 15 is 0 Å². The Morgan fingerprint density at radius 2 is 1.43 bits per heavy atom. The van der Waals surface area contributed by atoms with Crippen molar-refractivity contribution in [3.05, 3.63) is 88.2 Å². The van der Waals surface area contributed by atoms with Crippen LogP contribution in [0, 0.1) is 13.8 Å². The number of hydrogen-bond acceptors (Lipinski definition) is 4. The highest BCUT2D eigenvalue weighted by molar-refractivity contribution is 5.79. The smallest absolute Gasteiger partial charge is 0.359 e. The van der Waals surface area contributed by atoms with Gasteiger partial charge in [-0.15, -0.1) is 0 Å². The molecule has 10 heteroatoms. The van der Waals surface area contributed by atoms with Crippen molar-refractivity contribution in [3.8, 4) is 11.1 Å². The molecule has 0 N–H and O–H groups in total. The molecule has 0 unspecified atom stereocenters. The van der Waals surface area contributed by atoms with E-state index in [4.69, 9.17) is 0 Å². The Morgan fingerprint density at radius 1 is 0.841 bits per heavy atom. The van der Waals surface area contributed by atoms with Crippen LogP contribution in [0.5, 0.6) is 0 Å². The number of Topliss-reactive ketones (excluding diaryl/α,β-unsaturated/α-hetero) is 1. The molecule has 3 rings (SSSR count). The number of nitrogens with zero attached hydrogens (tertiary/aromatic N) is 1. The summed E-state index contributed by atoms with van der Waals surface area (Å²) in [6.07, 6.45) is -8.04. The molecule has 4 nitrogen and oxygen atoms in total. The van der Waals surface area contributed by atoms with Crippen molar-refractivity contribution in [1.82, 2.24) is 4.98 Å². The summed E-state index contributed by atoms with van der Waals surface area (Å²) in [6.45, 7) is 8.19. The zero-order valence-electron chi connectivity index (χ0n) is 25.9. The number of ether oxygens (including phenoxy) is 2. The van der Waals surface area contributed by atoms with E-state index < -0.39 is 43.0 Å². The molecule has 0 saturated heterocycles. The molecule has 0 aliphatic rings. The Labute approximate surface area is 254 Å². The van der Waals surface area contributed by atoms with Crippen LogP contribution in [-0.2, 0) is 32.5 Å². The van der Waals surface area contributed by atoms with E-state index in [0.29, 0.717) is 30.4 Å². The number of aryl methyl sites for hydroxylation is 3. The van der Waals surface area contributed by atoms with E-state index in [1.165, 1.54) is 6.92 Å². The highest BCUT2D eigenvalue weighted by Gasteiger charge is 2.71. The van der Waals surface area contributed by atoms with E-state index in [9.17, 15) is 31.1 Å². The van der Waals surface area contributed by atoms with Gasteiger partial charge in [-0.25, -0.2) is 0 Å². The molecule has 0 spiro atoms. The van der Waals surface area contributed by atoms with Gasteiger partial charge in [-0.3, -0.25) is 9.78 Å². The van der Waals surface area contributed by atoms with Crippen LogP contribution >= 0.6 is 0 Å². The lowest BCUT2D eigenvalue weighted by Crippen LogP contribution is -2.59. The minimum absolute atomic E-state index is 0.0486. The van der Waals surface area contributed by atoms with Crippen molar-refractivity contribution < 1.29 is 40.6 Å². The third-order valence-electron chi connectivity index (χ3n) is 8.53. The number of halogens is 6. The Balaban J connectivity index is 1.97. The zero-order valence-corrected chi connectivity index (χ0v) is 25.9. The molecule has 44 heavy (non-hydrogen) atoms. The first kappa shape index (κ1) is 35.2. The molecule has 0 atom stereocenters. The summed E-state index contributed by atoms with van der Waals surface area (Å²) < 4.78 is 91.6. The highest BCUT2D eigenvalue weighted by Crippen LogP contribution is 2.49. The van der Waals surface area contributed by atoms with Gasteiger partial charge < -0.3 is 9.47 Å². The third-order valence-corrected chi connectivity index (χ3v) is 8.53. The second-order valence-corrected chi connectivity index (χ2v) is 11.3. The predicted molar refractivity (Wildman–Crippen MR) is 157 cm³/mol. The first-order valence-corrected chi connectivity index (χ1v) is 14.5. The highest BCUT2D eigenvalue weighted by atomic mass is 19.4. The first-order chi connectivity index (χ1) is 20.5. The van der Waals surface area contributed by atoms with Gasteiger partial charge in [-0.05, 0) is 91.5 Å². The van der Waals surface area contributed by atoms with Crippen LogP contribution in [0.4, 0.5) is 26.3 Å². The number of pyridine rings is 1. The van der Waals surface area contributed by atoms with E-state index in [1.54, 1.807) is 31.5 Å². The van der Waals surface area contributed by atoms with Crippen LogP contribution in [-0.4, -0.2) is 42.6 Å². The second-order valence-electron chi connectivity index (χ2n) is 11.3. The lowest BCUT2D eigenvalue weighted by molar-refractivity contribution is -0.393. The average Bonchev–Trinajstić information content (AvgIpc) is 2.93. The van der Waals surface area contributed by atoms with Crippen molar-refractivity contribution in [1.29, 1.82) is 0 Å². The van der Waals surface area contributed by atoms with Gasteiger partial charge in [0.25, 0.3) is 5.60 Å². The van der Waals surface area contributed by atoms with Crippen LogP contribution in [0.1, 0.15) is 73.4 Å². The summed E-state index contributed by atoms with van der Waals surface area (Å²) in [5.74, 6) is 0.0486. The summed E-state index contributed by atoms with van der Waals surface area (Å²) in [5.41, 5.74) is 1.87. The fraction of sp³-hybridized carbons (Fsp3) is 0.471. The number of ketones is 1. The third kappa shape index (κ3) is 7.18. The number of hydrogen-bond donors (Lipinski definition) is 0. The van der Waals surface area contributed by atoms with Crippen molar-refractivity contribution >= 4 is 5.78 Å². The van der Waals surface area contributed by atoms with Crippen molar-refractivity contribution in [2.24, 2.45) is 0 Å². The molecular formula is C34H39F6NO3. The van der Waals surface area contributed by atoms with Crippen molar-refractivity contribution in [2.45, 2.75) is 90.1 Å². The fourth-order valence-electron chi connectivity index (χ4n) is 5.96. The largest absolute Gasteiger partial charge is 0.426 e. The molecule has 240 valence electrons. The molecule has 0 bridgehead atoms. The van der Waals surface area contributed by atoms with Crippen molar-refractivity contribution in [2.75, 3.05) is 13.9 Å². The van der Waals surface area contributed by atoms with Gasteiger partial charge >= 0.3 is 12.4 Å². The number of rotatable bonds is 13. The van der Waals surface area contributed by atoms with E-state index in [1.807, 2.05) is 31.2 Å². The molecule has 2 aromatic carbocycles. The number of alkyl halides is 6. The molecule has 0 saturated carbocycles. The summed E-state index contributed by atoms with van der Waals surface area (Å²) >= 11 is 0. The summed E-state index contributed by atoms with van der Waals surface area (Å²) in [7, 11) is 0.967. The van der Waals surface area contributed by atoms with Crippen LogP contribution in [0.3, 0.4) is 0 Å².